The van der Waals surface area contributed by atoms with Crippen LogP contribution in [0.25, 0.3) is 16.0 Å². The molecular formula is C25H16FN3O5S. The number of nitro benzene ring substituents is 1. The van der Waals surface area contributed by atoms with Crippen LogP contribution in [-0.2, 0) is 9.59 Å². The van der Waals surface area contributed by atoms with Crippen molar-refractivity contribution in [1.82, 2.24) is 4.98 Å². The monoisotopic (exact) mass is 489 g/mol. The molecule has 1 aromatic heterocycles. The van der Waals surface area contributed by atoms with Gasteiger partial charge < -0.3 is 5.11 Å². The number of fused-ring (bicyclic) bond motifs is 1. The van der Waals surface area contributed by atoms with E-state index in [0.29, 0.717) is 21.3 Å². The Bertz CT molecular complexity index is 1540. The Hall–Kier alpha value is -4.44. The molecule has 2 heterocycles. The molecule has 1 atom stereocenters. The van der Waals surface area contributed by atoms with Gasteiger partial charge in [0.2, 0.25) is 0 Å². The number of amides is 1. The average molecular weight is 489 g/mol. The molecule has 1 saturated heterocycles. The lowest BCUT2D eigenvalue weighted by molar-refractivity contribution is -0.384. The molecular weight excluding hydrogens is 473 g/mol. The number of nitro groups is 1. The first kappa shape index (κ1) is 22.4. The number of Topliss-reactive ketones (excluding diaryl/α,β-unsaturated/α-hetero) is 1. The fourth-order valence-corrected chi connectivity index (χ4v) is 5.00. The van der Waals surface area contributed by atoms with E-state index >= 15 is 0 Å². The number of carbonyl (C=O) groups excluding carboxylic acids is 2. The number of thiazole rings is 1. The van der Waals surface area contributed by atoms with Gasteiger partial charge in [-0.1, -0.05) is 41.2 Å². The van der Waals surface area contributed by atoms with Crippen molar-refractivity contribution in [3.8, 4) is 0 Å². The summed E-state index contributed by atoms with van der Waals surface area (Å²) in [7, 11) is 0. The van der Waals surface area contributed by atoms with Crippen molar-refractivity contribution in [2.24, 2.45) is 0 Å². The van der Waals surface area contributed by atoms with Crippen molar-refractivity contribution in [3.63, 3.8) is 0 Å². The topological polar surface area (TPSA) is 114 Å². The summed E-state index contributed by atoms with van der Waals surface area (Å²) in [6.07, 6.45) is 0. The van der Waals surface area contributed by atoms with Gasteiger partial charge in [0.1, 0.15) is 11.6 Å². The van der Waals surface area contributed by atoms with Crippen molar-refractivity contribution >= 4 is 49.8 Å². The Balaban J connectivity index is 1.72. The fourth-order valence-electron chi connectivity index (χ4n) is 3.98. The molecule has 35 heavy (non-hydrogen) atoms. The summed E-state index contributed by atoms with van der Waals surface area (Å²) < 4.78 is 14.2. The van der Waals surface area contributed by atoms with Crippen LogP contribution in [0.3, 0.4) is 0 Å². The zero-order valence-corrected chi connectivity index (χ0v) is 19.0. The smallest absolute Gasteiger partial charge is 0.301 e. The number of ketones is 1. The van der Waals surface area contributed by atoms with E-state index in [1.54, 1.807) is 24.3 Å². The summed E-state index contributed by atoms with van der Waals surface area (Å²) in [5.74, 6) is -2.68. The number of benzene rings is 3. The number of hydrogen-bond donors (Lipinski definition) is 1. The number of rotatable bonds is 4. The normalized spacial score (nSPS) is 17.3. The third-order valence-electron chi connectivity index (χ3n) is 5.73. The summed E-state index contributed by atoms with van der Waals surface area (Å²) in [6, 6.07) is 15.0. The summed E-state index contributed by atoms with van der Waals surface area (Å²) in [4.78, 5) is 42.6. The first-order chi connectivity index (χ1) is 16.7. The largest absolute Gasteiger partial charge is 0.507 e. The number of halogens is 1. The predicted molar refractivity (Wildman–Crippen MR) is 129 cm³/mol. The highest BCUT2D eigenvalue weighted by Crippen LogP contribution is 2.44. The van der Waals surface area contributed by atoms with Crippen molar-refractivity contribution in [3.05, 3.63) is 105 Å². The molecule has 0 bridgehead atoms. The van der Waals surface area contributed by atoms with E-state index in [9.17, 15) is 29.2 Å². The van der Waals surface area contributed by atoms with Gasteiger partial charge in [-0.3, -0.25) is 24.6 Å². The zero-order valence-electron chi connectivity index (χ0n) is 18.1. The minimum absolute atomic E-state index is 0.138. The van der Waals surface area contributed by atoms with Gasteiger partial charge in [-0.2, -0.15) is 0 Å². The van der Waals surface area contributed by atoms with Crippen LogP contribution in [0, 0.1) is 22.9 Å². The van der Waals surface area contributed by atoms with E-state index in [1.165, 1.54) is 42.5 Å². The summed E-state index contributed by atoms with van der Waals surface area (Å²) >= 11 is 1.02. The van der Waals surface area contributed by atoms with Gasteiger partial charge in [0.05, 0.1) is 26.8 Å². The van der Waals surface area contributed by atoms with Crippen molar-refractivity contribution in [2.75, 3.05) is 4.90 Å². The van der Waals surface area contributed by atoms with Gasteiger partial charge >= 0.3 is 5.91 Å². The number of non-ortho nitro benzene ring substituents is 1. The van der Waals surface area contributed by atoms with Gasteiger partial charge in [-0.15, -0.1) is 0 Å². The van der Waals surface area contributed by atoms with E-state index < -0.39 is 28.5 Å². The third kappa shape index (κ3) is 3.83. The number of nitrogens with zero attached hydrogens (tertiary/aromatic N) is 3. The standard InChI is InChI=1S/C25H16FN3O5S/c1-13-2-4-15(5-3-13)22(30)20-21(14-6-9-17(10-7-14)29(33)34)28(24(32)23(20)31)25-27-18-11-8-16(26)12-19(18)35-25/h2-12,21,30H,1H3/t21-/m0/s1. The fraction of sp³-hybridized carbons (Fsp3) is 0.0800. The van der Waals surface area contributed by atoms with Crippen LogP contribution in [0.5, 0.6) is 0 Å². The van der Waals surface area contributed by atoms with Crippen LogP contribution in [0.15, 0.2) is 72.3 Å². The van der Waals surface area contributed by atoms with Gasteiger partial charge in [0.25, 0.3) is 11.5 Å². The number of aliphatic hydroxyl groups is 1. The second-order valence-corrected chi connectivity index (χ2v) is 9.00. The van der Waals surface area contributed by atoms with E-state index in [4.69, 9.17) is 0 Å². The highest BCUT2D eigenvalue weighted by molar-refractivity contribution is 7.22. The van der Waals surface area contributed by atoms with E-state index in [-0.39, 0.29) is 22.2 Å². The lowest BCUT2D eigenvalue weighted by Gasteiger charge is -2.22. The number of anilines is 1. The maximum atomic E-state index is 13.7. The molecule has 1 aliphatic rings. The minimum Gasteiger partial charge on any atom is -0.507 e. The van der Waals surface area contributed by atoms with Crippen LogP contribution in [0.1, 0.15) is 22.7 Å². The first-order valence-corrected chi connectivity index (χ1v) is 11.2. The Kier molecular flexibility index (Phi) is 5.37. The van der Waals surface area contributed by atoms with Crippen molar-refractivity contribution in [2.45, 2.75) is 13.0 Å². The molecule has 1 amide bonds. The van der Waals surface area contributed by atoms with Crippen LogP contribution >= 0.6 is 11.3 Å². The van der Waals surface area contributed by atoms with Gasteiger partial charge in [-0.25, -0.2) is 9.37 Å². The molecule has 174 valence electrons. The van der Waals surface area contributed by atoms with Crippen LogP contribution in [0.2, 0.25) is 0 Å². The maximum absolute atomic E-state index is 13.7. The second-order valence-electron chi connectivity index (χ2n) is 7.99. The molecule has 4 aromatic rings. The highest BCUT2D eigenvalue weighted by atomic mass is 32.1. The SMILES string of the molecule is Cc1ccc(C(O)=C2C(=O)C(=O)N(c3nc4ccc(F)cc4s3)[C@H]2c2ccc([N+](=O)[O-])cc2)cc1. The van der Waals surface area contributed by atoms with Gasteiger partial charge in [-0.05, 0) is 42.8 Å². The van der Waals surface area contributed by atoms with E-state index in [1.807, 2.05) is 6.92 Å². The minimum atomic E-state index is -1.09. The van der Waals surface area contributed by atoms with Gasteiger partial charge in [0.15, 0.2) is 5.13 Å². The Labute approximate surface area is 201 Å². The van der Waals surface area contributed by atoms with E-state index in [0.717, 1.165) is 21.8 Å². The molecule has 8 nitrogen and oxygen atoms in total. The molecule has 0 spiro atoms. The van der Waals surface area contributed by atoms with Crippen LogP contribution in [0.4, 0.5) is 15.2 Å². The summed E-state index contributed by atoms with van der Waals surface area (Å²) in [6.45, 7) is 1.87. The molecule has 3 aromatic carbocycles. The lowest BCUT2D eigenvalue weighted by Crippen LogP contribution is -2.29. The molecule has 1 N–H and O–H groups in total. The third-order valence-corrected chi connectivity index (χ3v) is 6.75. The van der Waals surface area contributed by atoms with Gasteiger partial charge in [0, 0.05) is 17.7 Å². The quantitative estimate of drug-likeness (QED) is 0.137. The van der Waals surface area contributed by atoms with E-state index in [2.05, 4.69) is 4.98 Å². The zero-order chi connectivity index (χ0) is 24.9. The number of carbonyl (C=O) groups is 2. The van der Waals surface area contributed by atoms with Crippen molar-refractivity contribution < 1.29 is 24.0 Å². The number of aromatic nitrogens is 1. The summed E-state index contributed by atoms with van der Waals surface area (Å²) in [5, 5.41) is 22.4. The number of aryl methyl sites for hydroxylation is 1. The molecule has 5 rings (SSSR count). The molecule has 0 radical (unpaired) electrons. The predicted octanol–water partition coefficient (Wildman–Crippen LogP) is 5.28. The van der Waals surface area contributed by atoms with Crippen LogP contribution in [-0.4, -0.2) is 26.7 Å². The molecule has 1 fully saturated rings. The summed E-state index contributed by atoms with van der Waals surface area (Å²) in [5.41, 5.74) is 1.75. The lowest BCUT2D eigenvalue weighted by atomic mass is 9.95. The Morgan fingerprint density at radius 2 is 1.77 bits per heavy atom. The molecule has 0 unspecified atom stereocenters. The molecule has 0 aliphatic carbocycles. The number of hydrogen-bond acceptors (Lipinski definition) is 7. The maximum Gasteiger partial charge on any atom is 0.301 e. The number of aliphatic hydroxyl groups excluding tert-OH is 1. The first-order valence-electron chi connectivity index (χ1n) is 10.4. The Morgan fingerprint density at radius 1 is 1.09 bits per heavy atom. The Morgan fingerprint density at radius 3 is 2.43 bits per heavy atom. The molecule has 0 saturated carbocycles. The molecule has 1 aliphatic heterocycles. The highest BCUT2D eigenvalue weighted by Gasteiger charge is 2.48. The second kappa shape index (κ2) is 8.41. The average Bonchev–Trinajstić information content (AvgIpc) is 3.37. The van der Waals surface area contributed by atoms with Crippen molar-refractivity contribution in [1.29, 1.82) is 0 Å². The molecule has 10 heteroatoms. The van der Waals surface area contributed by atoms with Crippen LogP contribution < -0.4 is 4.90 Å².